The quantitative estimate of drug-likeness (QED) is 0.373. The molecular formula is C14H22Br2O2Si. The van der Waals surface area contributed by atoms with Crippen LogP contribution in [0.3, 0.4) is 0 Å². The van der Waals surface area contributed by atoms with E-state index in [1.54, 1.807) is 0 Å². The van der Waals surface area contributed by atoms with Gasteiger partial charge in [0.25, 0.3) is 0 Å². The van der Waals surface area contributed by atoms with E-state index >= 15 is 0 Å². The van der Waals surface area contributed by atoms with E-state index in [0.29, 0.717) is 17.2 Å². The van der Waals surface area contributed by atoms with Crippen LogP contribution >= 0.6 is 31.9 Å². The van der Waals surface area contributed by atoms with Crippen LogP contribution in [0.5, 0.6) is 0 Å². The van der Waals surface area contributed by atoms with Crippen molar-refractivity contribution in [1.82, 2.24) is 0 Å². The summed E-state index contributed by atoms with van der Waals surface area (Å²) < 4.78 is 11.3. The van der Waals surface area contributed by atoms with Gasteiger partial charge < -0.3 is 9.47 Å². The van der Waals surface area contributed by atoms with Crippen molar-refractivity contribution in [3.05, 3.63) is 35.4 Å². The largest absolute Gasteiger partial charge is 0.354 e. The van der Waals surface area contributed by atoms with Gasteiger partial charge in [0.05, 0.1) is 6.61 Å². The molecule has 0 bridgehead atoms. The molecule has 0 aliphatic rings. The van der Waals surface area contributed by atoms with Crippen LogP contribution in [0.25, 0.3) is 0 Å². The van der Waals surface area contributed by atoms with Gasteiger partial charge in [-0.3, -0.25) is 0 Å². The summed E-state index contributed by atoms with van der Waals surface area (Å²) in [5, 5.41) is 0.955. The molecular weight excluding hydrogens is 388 g/mol. The molecule has 0 heterocycles. The maximum absolute atomic E-state index is 5.70. The number of rotatable bonds is 8. The number of hydrogen-bond acceptors (Lipinski definition) is 2. The van der Waals surface area contributed by atoms with Crippen LogP contribution < -0.4 is 0 Å². The summed E-state index contributed by atoms with van der Waals surface area (Å²) in [6.07, 6.45) is 0.880. The number of benzene rings is 1. The molecule has 19 heavy (non-hydrogen) atoms. The summed E-state index contributed by atoms with van der Waals surface area (Å²) >= 11 is 7.11. The number of ether oxygens (including phenoxy) is 2. The zero-order chi connectivity index (χ0) is 14.3. The van der Waals surface area contributed by atoms with Crippen LogP contribution in [0.1, 0.15) is 25.0 Å². The fraction of sp³-hybridized carbons (Fsp3) is 0.571. The Morgan fingerprint density at radius 2 is 1.95 bits per heavy atom. The Hall–Kier alpha value is 0.317. The molecule has 5 heteroatoms. The van der Waals surface area contributed by atoms with Crippen molar-refractivity contribution < 1.29 is 9.47 Å². The van der Waals surface area contributed by atoms with Gasteiger partial charge >= 0.3 is 0 Å². The molecule has 3 atom stereocenters. The van der Waals surface area contributed by atoms with E-state index in [0.717, 1.165) is 22.0 Å². The third kappa shape index (κ3) is 7.61. The Balaban J connectivity index is 2.48. The second-order valence-electron chi connectivity index (χ2n) is 4.84. The highest BCUT2D eigenvalue weighted by Crippen LogP contribution is 2.15. The van der Waals surface area contributed by atoms with Crippen molar-refractivity contribution in [3.63, 3.8) is 0 Å². The molecule has 0 saturated heterocycles. The van der Waals surface area contributed by atoms with E-state index in [9.17, 15) is 0 Å². The lowest BCUT2D eigenvalue weighted by molar-refractivity contribution is -0.144. The van der Waals surface area contributed by atoms with Gasteiger partial charge in [0.1, 0.15) is 0 Å². The second-order valence-corrected chi connectivity index (χ2v) is 8.41. The third-order valence-corrected chi connectivity index (χ3v) is 5.13. The summed E-state index contributed by atoms with van der Waals surface area (Å²) in [6.45, 7) is 4.63. The Morgan fingerprint density at radius 1 is 1.26 bits per heavy atom. The Kier molecular flexibility index (Phi) is 8.49. The van der Waals surface area contributed by atoms with Crippen LogP contribution in [-0.2, 0) is 22.5 Å². The molecule has 0 spiro atoms. The minimum atomic E-state index is -0.136. The topological polar surface area (TPSA) is 18.5 Å². The SMILES string of the molecule is CC([SiH3])OC(C)OCc1cccc(CC(Br)CBr)c1. The fourth-order valence-corrected chi connectivity index (χ4v) is 2.78. The molecule has 0 aromatic heterocycles. The first-order valence-electron chi connectivity index (χ1n) is 6.56. The maximum Gasteiger partial charge on any atom is 0.155 e. The zero-order valence-electron chi connectivity index (χ0n) is 11.7. The molecule has 3 unspecified atom stereocenters. The average Bonchev–Trinajstić information content (AvgIpc) is 2.36. The first-order chi connectivity index (χ1) is 9.01. The molecule has 0 N–H and O–H groups in total. The third-order valence-electron chi connectivity index (χ3n) is 2.56. The first-order valence-corrected chi connectivity index (χ1v) is 9.75. The molecule has 1 rings (SSSR count). The van der Waals surface area contributed by atoms with Crippen molar-refractivity contribution in [2.45, 2.75) is 43.7 Å². The molecule has 0 amide bonds. The van der Waals surface area contributed by atoms with Gasteiger partial charge in [0.2, 0.25) is 0 Å². The molecule has 0 radical (unpaired) electrons. The Labute approximate surface area is 135 Å². The maximum atomic E-state index is 5.70. The van der Waals surface area contributed by atoms with Crippen molar-refractivity contribution >= 4 is 42.1 Å². The van der Waals surface area contributed by atoms with Crippen molar-refractivity contribution in [3.8, 4) is 0 Å². The normalized spacial score (nSPS) is 16.2. The molecule has 2 nitrogen and oxygen atoms in total. The molecule has 0 fully saturated rings. The van der Waals surface area contributed by atoms with Crippen molar-refractivity contribution in [1.29, 1.82) is 0 Å². The van der Waals surface area contributed by atoms with Gasteiger partial charge in [-0.25, -0.2) is 0 Å². The lowest BCUT2D eigenvalue weighted by Crippen LogP contribution is -2.19. The fourth-order valence-electron chi connectivity index (χ4n) is 1.79. The second kappa shape index (κ2) is 9.29. The van der Waals surface area contributed by atoms with E-state index in [1.807, 2.05) is 6.92 Å². The predicted octanol–water partition coefficient (Wildman–Crippen LogP) is 2.98. The van der Waals surface area contributed by atoms with Crippen molar-refractivity contribution in [2.75, 3.05) is 5.33 Å². The molecule has 0 aliphatic heterocycles. The summed E-state index contributed by atoms with van der Waals surface area (Å²) in [4.78, 5) is 0.469. The lowest BCUT2D eigenvalue weighted by atomic mass is 10.1. The van der Waals surface area contributed by atoms with Crippen LogP contribution in [0.2, 0.25) is 0 Å². The first kappa shape index (κ1) is 17.4. The van der Waals surface area contributed by atoms with Crippen LogP contribution in [-0.4, -0.2) is 32.4 Å². The number of halogens is 2. The van der Waals surface area contributed by atoms with E-state index < -0.39 is 0 Å². The highest BCUT2D eigenvalue weighted by Gasteiger charge is 2.07. The summed E-state index contributed by atoms with van der Waals surface area (Å²) in [7, 11) is 1.03. The molecule has 108 valence electrons. The molecule has 0 saturated carbocycles. The monoisotopic (exact) mass is 408 g/mol. The summed E-state index contributed by atoms with van der Waals surface area (Å²) in [5.41, 5.74) is 2.85. The van der Waals surface area contributed by atoms with Gasteiger partial charge in [-0.05, 0) is 31.4 Å². The summed E-state index contributed by atoms with van der Waals surface area (Å²) in [6, 6.07) is 8.54. The van der Waals surface area contributed by atoms with Crippen LogP contribution in [0, 0.1) is 0 Å². The lowest BCUT2D eigenvalue weighted by Gasteiger charge is -2.17. The Morgan fingerprint density at radius 3 is 2.58 bits per heavy atom. The van der Waals surface area contributed by atoms with Gasteiger partial charge in [-0.2, -0.15) is 0 Å². The standard InChI is InChI=1S/C14H22Br2O2Si/c1-10(18-11(2)19)17-9-13-5-3-4-12(6-13)7-14(16)8-15/h3-6,10-11,14H,7-9H2,1-2,19H3. The summed E-state index contributed by atoms with van der Waals surface area (Å²) in [5.74, 6) is 0. The van der Waals surface area contributed by atoms with E-state index in [-0.39, 0.29) is 6.29 Å². The zero-order valence-corrected chi connectivity index (χ0v) is 16.9. The average molecular weight is 410 g/mol. The number of hydrogen-bond donors (Lipinski definition) is 0. The van der Waals surface area contributed by atoms with Gasteiger partial charge in [0.15, 0.2) is 6.29 Å². The molecule has 1 aromatic carbocycles. The van der Waals surface area contributed by atoms with Gasteiger partial charge in [-0.1, -0.05) is 56.1 Å². The highest BCUT2D eigenvalue weighted by molar-refractivity contribution is 9.12. The highest BCUT2D eigenvalue weighted by atomic mass is 79.9. The van der Waals surface area contributed by atoms with E-state index in [2.05, 4.69) is 63.0 Å². The van der Waals surface area contributed by atoms with Gasteiger partial charge in [0, 0.05) is 26.1 Å². The molecule has 0 aliphatic carbocycles. The van der Waals surface area contributed by atoms with Crippen LogP contribution in [0.15, 0.2) is 24.3 Å². The van der Waals surface area contributed by atoms with E-state index in [1.165, 1.54) is 11.1 Å². The minimum absolute atomic E-state index is 0.136. The van der Waals surface area contributed by atoms with Crippen LogP contribution in [0.4, 0.5) is 0 Å². The molecule has 1 aromatic rings. The number of alkyl halides is 2. The minimum Gasteiger partial charge on any atom is -0.354 e. The van der Waals surface area contributed by atoms with E-state index in [4.69, 9.17) is 9.47 Å². The predicted molar refractivity (Wildman–Crippen MR) is 91.4 cm³/mol. The Bertz CT molecular complexity index is 374. The van der Waals surface area contributed by atoms with Gasteiger partial charge in [-0.15, -0.1) is 0 Å². The van der Waals surface area contributed by atoms with Crippen molar-refractivity contribution in [2.24, 2.45) is 0 Å². The smallest absolute Gasteiger partial charge is 0.155 e.